The van der Waals surface area contributed by atoms with E-state index in [1.165, 1.54) is 19.1 Å². The zero-order chi connectivity index (χ0) is 29.2. The molecule has 3 atom stereocenters. The molecule has 3 unspecified atom stereocenters. The minimum atomic E-state index is -1.39. The Morgan fingerprint density at radius 3 is 2.42 bits per heavy atom. The summed E-state index contributed by atoms with van der Waals surface area (Å²) in [5, 5.41) is 4.66. The summed E-state index contributed by atoms with van der Waals surface area (Å²) in [6, 6.07) is 4.85. The highest BCUT2D eigenvalue weighted by molar-refractivity contribution is 6.53. The first-order valence-corrected chi connectivity index (χ1v) is 14.2. The molecule has 0 aromatic heterocycles. The van der Waals surface area contributed by atoms with Crippen LogP contribution in [0.1, 0.15) is 18.4 Å². The lowest BCUT2D eigenvalue weighted by atomic mass is 10.1. The Labute approximate surface area is 256 Å². The molecule has 9 nitrogen and oxygen atoms in total. The summed E-state index contributed by atoms with van der Waals surface area (Å²) in [6.45, 7) is 8.60. The first-order chi connectivity index (χ1) is 18.9. The Morgan fingerprint density at radius 1 is 1.18 bits per heavy atom. The Morgan fingerprint density at radius 2 is 1.82 bits per heavy atom. The summed E-state index contributed by atoms with van der Waals surface area (Å²) in [4.78, 5) is 40.7. The Balaban J connectivity index is 1.40. The minimum absolute atomic E-state index is 0.00160. The first-order valence-electron chi connectivity index (χ1n) is 12.3. The Kier molecular flexibility index (Phi) is 9.99. The van der Waals surface area contributed by atoms with Gasteiger partial charge in [0, 0.05) is 46.3 Å². The number of cyclic esters (lactones) is 1. The maximum atomic E-state index is 13.1. The molecule has 2 aliphatic heterocycles. The van der Waals surface area contributed by atoms with Crippen LogP contribution in [0.4, 0.5) is 4.79 Å². The summed E-state index contributed by atoms with van der Waals surface area (Å²) in [7, 11) is 0. The number of hydrazine groups is 1. The van der Waals surface area contributed by atoms with Crippen LogP contribution in [0.5, 0.6) is 0 Å². The molecule has 1 aromatic rings. The lowest BCUT2D eigenvalue weighted by Crippen LogP contribution is -2.45. The zero-order valence-electron chi connectivity index (χ0n) is 21.4. The molecule has 0 bridgehead atoms. The van der Waals surface area contributed by atoms with Crippen LogP contribution >= 0.6 is 58.0 Å². The molecule has 3 amide bonds. The first kappa shape index (κ1) is 31.0. The number of halogens is 5. The van der Waals surface area contributed by atoms with Crippen molar-refractivity contribution < 1.29 is 23.9 Å². The summed E-state index contributed by atoms with van der Waals surface area (Å²) in [5.41, 5.74) is 3.31. The van der Waals surface area contributed by atoms with Crippen LogP contribution in [-0.2, 0) is 19.1 Å². The van der Waals surface area contributed by atoms with Crippen LogP contribution in [0.25, 0.3) is 0 Å². The lowest BCUT2D eigenvalue weighted by Gasteiger charge is -2.27. The van der Waals surface area contributed by atoms with E-state index in [9.17, 15) is 14.4 Å². The SMILES string of the molecule is C=C/C(=C\C(C(=O)NN1CC(CN2CCOCC2)OC1=O)=C(/C)Cl)NC(=O)C1C(c2cc(Cl)cc(Cl)c2)C1(Cl)Cl. The van der Waals surface area contributed by atoms with Crippen molar-refractivity contribution in [2.24, 2.45) is 5.92 Å². The molecule has 40 heavy (non-hydrogen) atoms. The number of rotatable bonds is 9. The third-order valence-electron chi connectivity index (χ3n) is 6.66. The number of carbonyl (C=O) groups is 3. The van der Waals surface area contributed by atoms with E-state index in [-0.39, 0.29) is 22.8 Å². The van der Waals surface area contributed by atoms with Crippen molar-refractivity contribution in [3.63, 3.8) is 0 Å². The van der Waals surface area contributed by atoms with Gasteiger partial charge < -0.3 is 14.8 Å². The van der Waals surface area contributed by atoms with Gasteiger partial charge in [-0.15, -0.1) is 23.2 Å². The third-order valence-corrected chi connectivity index (χ3v) is 8.24. The largest absolute Gasteiger partial charge is 0.442 e. The van der Waals surface area contributed by atoms with Gasteiger partial charge in [-0.1, -0.05) is 41.4 Å². The highest BCUT2D eigenvalue weighted by Crippen LogP contribution is 2.65. The van der Waals surface area contributed by atoms with Gasteiger partial charge in [-0.3, -0.25) is 19.9 Å². The van der Waals surface area contributed by atoms with Crippen molar-refractivity contribution in [3.05, 3.63) is 68.8 Å². The summed E-state index contributed by atoms with van der Waals surface area (Å²) in [5.74, 6) is -2.56. The van der Waals surface area contributed by atoms with Crippen LogP contribution < -0.4 is 10.7 Å². The Hall–Kier alpha value is -1.98. The number of carbonyl (C=O) groups excluding carboxylic acids is 3. The standard InChI is InChI=1S/C26H27Cl5N4O5/c1-3-18(32-24(37)22-21(26(22,30)31)15-8-16(28)10-17(29)9-15)11-20(14(2)27)23(36)33-35-13-19(40-25(35)38)12-34-4-6-39-7-5-34/h3,8-11,19,21-22H,1,4-7,12-13H2,2H3,(H,32,37)(H,33,36)/b18-11+,20-14-. The third kappa shape index (κ3) is 7.26. The topological polar surface area (TPSA) is 100 Å². The van der Waals surface area contributed by atoms with Crippen molar-refractivity contribution in [1.82, 2.24) is 20.7 Å². The van der Waals surface area contributed by atoms with Crippen molar-refractivity contribution >= 4 is 75.9 Å². The van der Waals surface area contributed by atoms with E-state index in [1.807, 2.05) is 0 Å². The summed E-state index contributed by atoms with van der Waals surface area (Å²) in [6.07, 6.45) is 1.58. The molecular weight excluding hydrogens is 626 g/mol. The molecule has 0 spiro atoms. The normalized spacial score (nSPS) is 25.1. The fourth-order valence-corrected chi connectivity index (χ4v) is 6.14. The summed E-state index contributed by atoms with van der Waals surface area (Å²) < 4.78 is 9.34. The van der Waals surface area contributed by atoms with Crippen molar-refractivity contribution in [2.45, 2.75) is 23.3 Å². The number of hydrogen-bond acceptors (Lipinski definition) is 6. The van der Waals surface area contributed by atoms with E-state index in [1.54, 1.807) is 18.2 Å². The van der Waals surface area contributed by atoms with Crippen molar-refractivity contribution in [2.75, 3.05) is 39.4 Å². The Bertz CT molecular complexity index is 1240. The maximum Gasteiger partial charge on any atom is 0.429 e. The molecule has 216 valence electrons. The molecule has 1 aliphatic carbocycles. The molecule has 0 radical (unpaired) electrons. The van der Waals surface area contributed by atoms with Gasteiger partial charge in [-0.05, 0) is 42.8 Å². The molecule has 1 saturated carbocycles. The molecular formula is C26H27Cl5N4O5. The number of benzene rings is 1. The quantitative estimate of drug-likeness (QED) is 0.227. The van der Waals surface area contributed by atoms with E-state index in [2.05, 4.69) is 22.2 Å². The molecule has 14 heteroatoms. The maximum absolute atomic E-state index is 13.1. The molecule has 2 heterocycles. The van der Waals surface area contributed by atoms with Crippen LogP contribution in [-0.4, -0.2) is 77.6 Å². The second-order valence-electron chi connectivity index (χ2n) is 9.54. The molecule has 4 rings (SSSR count). The monoisotopic (exact) mass is 650 g/mol. The number of allylic oxidation sites excluding steroid dienone is 2. The van der Waals surface area contributed by atoms with Gasteiger partial charge in [0.05, 0.1) is 31.2 Å². The van der Waals surface area contributed by atoms with Crippen molar-refractivity contribution in [3.8, 4) is 0 Å². The lowest BCUT2D eigenvalue weighted by molar-refractivity contribution is -0.122. The number of nitrogens with one attached hydrogen (secondary N) is 2. The van der Waals surface area contributed by atoms with E-state index in [0.29, 0.717) is 35.4 Å². The van der Waals surface area contributed by atoms with Gasteiger partial charge in [-0.25, -0.2) is 9.80 Å². The minimum Gasteiger partial charge on any atom is -0.442 e. The molecule has 2 saturated heterocycles. The van der Waals surface area contributed by atoms with Crippen LogP contribution in [0.15, 0.2) is 53.2 Å². The highest BCUT2D eigenvalue weighted by atomic mass is 35.5. The average molecular weight is 653 g/mol. The second-order valence-corrected chi connectivity index (χ2v) is 12.4. The molecule has 3 fully saturated rings. The number of ether oxygens (including phenoxy) is 2. The second kappa shape index (κ2) is 12.9. The predicted octanol–water partition coefficient (Wildman–Crippen LogP) is 4.76. The fourth-order valence-electron chi connectivity index (χ4n) is 4.63. The van der Waals surface area contributed by atoms with Gasteiger partial charge >= 0.3 is 6.09 Å². The molecule has 3 aliphatic rings. The number of amides is 3. The van der Waals surface area contributed by atoms with Gasteiger partial charge in [0.15, 0.2) is 0 Å². The van der Waals surface area contributed by atoms with E-state index in [0.717, 1.165) is 18.1 Å². The highest BCUT2D eigenvalue weighted by Gasteiger charge is 2.67. The van der Waals surface area contributed by atoms with Gasteiger partial charge in [0.25, 0.3) is 5.91 Å². The van der Waals surface area contributed by atoms with E-state index in [4.69, 9.17) is 67.5 Å². The van der Waals surface area contributed by atoms with Gasteiger partial charge in [0.2, 0.25) is 5.91 Å². The zero-order valence-corrected chi connectivity index (χ0v) is 25.2. The van der Waals surface area contributed by atoms with Crippen LogP contribution in [0, 0.1) is 5.92 Å². The van der Waals surface area contributed by atoms with E-state index >= 15 is 0 Å². The average Bonchev–Trinajstić information content (AvgIpc) is 3.31. The molecule has 2 N–H and O–H groups in total. The number of nitrogens with zero attached hydrogens (tertiary/aromatic N) is 2. The summed E-state index contributed by atoms with van der Waals surface area (Å²) >= 11 is 31.3. The predicted molar refractivity (Wildman–Crippen MR) is 154 cm³/mol. The van der Waals surface area contributed by atoms with Crippen molar-refractivity contribution in [1.29, 1.82) is 0 Å². The number of hydrogen-bond donors (Lipinski definition) is 2. The van der Waals surface area contributed by atoms with Gasteiger partial charge in [0.1, 0.15) is 10.4 Å². The molecule has 1 aromatic carbocycles. The fraction of sp³-hybridized carbons (Fsp3) is 0.423. The van der Waals surface area contributed by atoms with Gasteiger partial charge in [-0.2, -0.15) is 0 Å². The number of alkyl halides is 2. The van der Waals surface area contributed by atoms with E-state index < -0.39 is 40.2 Å². The van der Waals surface area contributed by atoms with Crippen LogP contribution in [0.3, 0.4) is 0 Å². The number of morpholine rings is 1. The van der Waals surface area contributed by atoms with Crippen LogP contribution in [0.2, 0.25) is 10.0 Å². The smallest absolute Gasteiger partial charge is 0.429 e.